The van der Waals surface area contributed by atoms with E-state index in [0.717, 1.165) is 30.4 Å². The number of nitrogens with zero attached hydrogens (tertiary/aromatic N) is 1. The molecule has 2 aromatic rings. The number of methoxy groups -OCH3 is 5. The largest absolute Gasteiger partial charge is 0.493 e. The average molecular weight is 456 g/mol. The first-order chi connectivity index (χ1) is 16.1. The Morgan fingerprint density at radius 3 is 1.73 bits per heavy atom. The van der Waals surface area contributed by atoms with E-state index in [4.69, 9.17) is 28.4 Å². The van der Waals surface area contributed by atoms with E-state index in [1.165, 1.54) is 0 Å². The molecule has 0 bridgehead atoms. The van der Waals surface area contributed by atoms with Crippen molar-refractivity contribution in [1.29, 1.82) is 5.26 Å². The van der Waals surface area contributed by atoms with Crippen molar-refractivity contribution < 1.29 is 28.4 Å². The number of benzene rings is 2. The second-order valence-corrected chi connectivity index (χ2v) is 8.01. The molecule has 7 heteroatoms. The van der Waals surface area contributed by atoms with E-state index in [0.29, 0.717) is 40.9 Å². The monoisotopic (exact) mass is 455 g/mol. The lowest BCUT2D eigenvalue weighted by molar-refractivity contribution is 0.0805. The molecule has 1 fully saturated rings. The van der Waals surface area contributed by atoms with Gasteiger partial charge in [0.1, 0.15) is 6.07 Å². The maximum atomic E-state index is 9.77. The van der Waals surface area contributed by atoms with E-state index < -0.39 is 0 Å². The lowest BCUT2D eigenvalue weighted by atomic mass is 9.88. The second-order valence-electron chi connectivity index (χ2n) is 8.01. The molecule has 3 rings (SSSR count). The van der Waals surface area contributed by atoms with Crippen molar-refractivity contribution in [2.75, 3.05) is 42.2 Å². The van der Waals surface area contributed by atoms with Crippen LogP contribution in [0.1, 0.15) is 54.7 Å². The third-order valence-corrected chi connectivity index (χ3v) is 6.27. The van der Waals surface area contributed by atoms with Gasteiger partial charge in [0, 0.05) is 18.9 Å². The fourth-order valence-electron chi connectivity index (χ4n) is 4.75. The molecule has 178 valence electrons. The van der Waals surface area contributed by atoms with Gasteiger partial charge in [-0.05, 0) is 54.7 Å². The predicted molar refractivity (Wildman–Crippen MR) is 125 cm³/mol. The maximum Gasteiger partial charge on any atom is 0.203 e. The van der Waals surface area contributed by atoms with Gasteiger partial charge in [0.25, 0.3) is 0 Å². The Morgan fingerprint density at radius 2 is 1.30 bits per heavy atom. The highest BCUT2D eigenvalue weighted by Gasteiger charge is 2.39. The lowest BCUT2D eigenvalue weighted by Crippen LogP contribution is -2.21. The molecule has 0 aromatic heterocycles. The normalized spacial score (nSPS) is 19.6. The lowest BCUT2D eigenvalue weighted by Gasteiger charge is -2.26. The summed E-state index contributed by atoms with van der Waals surface area (Å²) in [7, 11) is 8.15. The Morgan fingerprint density at radius 1 is 0.788 bits per heavy atom. The molecule has 0 aliphatic heterocycles. The van der Waals surface area contributed by atoms with Crippen molar-refractivity contribution in [1.82, 2.24) is 0 Å². The summed E-state index contributed by atoms with van der Waals surface area (Å²) >= 11 is 0. The van der Waals surface area contributed by atoms with Gasteiger partial charge in [-0.3, -0.25) is 0 Å². The van der Waals surface area contributed by atoms with E-state index in [2.05, 4.69) is 6.07 Å². The number of hydrogen-bond acceptors (Lipinski definition) is 7. The standard InChI is InChI=1S/C26H33NO6/c1-7-10-33-24-18(15-27)11-16(12-21(24)28-2)19-8-9-20(25(19)31-5)17-13-22(29-3)26(32-6)23(14-17)30-4/h11-14,19-20,25H,7-10H2,1-6H3/t19-,20-,25+/m0/s1. The Balaban J connectivity index is 2.00. The smallest absolute Gasteiger partial charge is 0.203 e. The van der Waals surface area contributed by atoms with Gasteiger partial charge in [0.2, 0.25) is 5.75 Å². The number of ether oxygens (including phenoxy) is 6. The van der Waals surface area contributed by atoms with E-state index in [1.54, 1.807) is 35.5 Å². The van der Waals surface area contributed by atoms with Gasteiger partial charge >= 0.3 is 0 Å². The summed E-state index contributed by atoms with van der Waals surface area (Å²) in [6, 6.07) is 10.1. The molecule has 1 aliphatic rings. The van der Waals surface area contributed by atoms with Gasteiger partial charge in [0.05, 0.1) is 46.7 Å². The quantitative estimate of drug-likeness (QED) is 0.495. The predicted octanol–water partition coefficient (Wildman–Crippen LogP) is 5.06. The van der Waals surface area contributed by atoms with E-state index >= 15 is 0 Å². The number of rotatable bonds is 10. The van der Waals surface area contributed by atoms with Crippen LogP contribution in [0.3, 0.4) is 0 Å². The van der Waals surface area contributed by atoms with Crippen LogP contribution in [0.25, 0.3) is 0 Å². The van der Waals surface area contributed by atoms with Gasteiger partial charge in [0.15, 0.2) is 23.0 Å². The average Bonchev–Trinajstić information content (AvgIpc) is 3.30. The van der Waals surface area contributed by atoms with Crippen LogP contribution in [0.5, 0.6) is 28.7 Å². The fraction of sp³-hybridized carbons (Fsp3) is 0.500. The molecule has 0 spiro atoms. The molecular formula is C26H33NO6. The Hall–Kier alpha value is -3.11. The van der Waals surface area contributed by atoms with Crippen molar-refractivity contribution in [2.24, 2.45) is 0 Å². The SMILES string of the molecule is CCCOc1c(C#N)cc([C@@H]2CC[C@@H](c3cc(OC)c(OC)c(OC)c3)[C@@H]2OC)cc1OC. The van der Waals surface area contributed by atoms with Crippen LogP contribution in [-0.4, -0.2) is 48.3 Å². The molecule has 0 N–H and O–H groups in total. The molecule has 3 atom stereocenters. The van der Waals surface area contributed by atoms with Crippen LogP contribution in [0.4, 0.5) is 0 Å². The third kappa shape index (κ3) is 4.81. The summed E-state index contributed by atoms with van der Waals surface area (Å²) in [6.07, 6.45) is 2.58. The fourth-order valence-corrected chi connectivity index (χ4v) is 4.75. The third-order valence-electron chi connectivity index (χ3n) is 6.27. The molecule has 1 saturated carbocycles. The molecule has 33 heavy (non-hydrogen) atoms. The van der Waals surface area contributed by atoms with Crippen molar-refractivity contribution in [3.05, 3.63) is 41.0 Å². The summed E-state index contributed by atoms with van der Waals surface area (Å²) in [4.78, 5) is 0. The molecule has 0 saturated heterocycles. The number of nitriles is 1. The zero-order chi connectivity index (χ0) is 24.0. The zero-order valence-electron chi connectivity index (χ0n) is 20.3. The first-order valence-electron chi connectivity index (χ1n) is 11.1. The minimum Gasteiger partial charge on any atom is -0.493 e. The topological polar surface area (TPSA) is 79.2 Å². The van der Waals surface area contributed by atoms with E-state index in [-0.39, 0.29) is 17.9 Å². The minimum absolute atomic E-state index is 0.0912. The van der Waals surface area contributed by atoms with Gasteiger partial charge in [-0.2, -0.15) is 5.26 Å². The summed E-state index contributed by atoms with van der Waals surface area (Å²) in [5.41, 5.74) is 2.55. The van der Waals surface area contributed by atoms with Gasteiger partial charge in [-0.15, -0.1) is 0 Å². The Bertz CT molecular complexity index is 974. The molecule has 2 aromatic carbocycles. The molecule has 0 heterocycles. The summed E-state index contributed by atoms with van der Waals surface area (Å²) in [5, 5.41) is 9.77. The first kappa shape index (κ1) is 24.5. The summed E-state index contributed by atoms with van der Waals surface area (Å²) in [5.74, 6) is 3.11. The summed E-state index contributed by atoms with van der Waals surface area (Å²) in [6.45, 7) is 2.55. The molecular weight excluding hydrogens is 422 g/mol. The highest BCUT2D eigenvalue weighted by Crippen LogP contribution is 2.50. The zero-order valence-corrected chi connectivity index (χ0v) is 20.3. The van der Waals surface area contributed by atoms with Crippen molar-refractivity contribution in [3.63, 3.8) is 0 Å². The van der Waals surface area contributed by atoms with Crippen molar-refractivity contribution in [3.8, 4) is 34.8 Å². The maximum absolute atomic E-state index is 9.77. The Kier molecular flexibility index (Phi) is 8.29. The van der Waals surface area contributed by atoms with E-state index in [1.807, 2.05) is 31.2 Å². The van der Waals surface area contributed by atoms with Crippen LogP contribution >= 0.6 is 0 Å². The minimum atomic E-state index is -0.0912. The van der Waals surface area contributed by atoms with Gasteiger partial charge in [-0.25, -0.2) is 0 Å². The molecule has 1 aliphatic carbocycles. The van der Waals surface area contributed by atoms with Crippen molar-refractivity contribution in [2.45, 2.75) is 44.1 Å². The van der Waals surface area contributed by atoms with Gasteiger partial charge in [-0.1, -0.05) is 6.92 Å². The molecule has 0 amide bonds. The van der Waals surface area contributed by atoms with Crippen LogP contribution in [0.15, 0.2) is 24.3 Å². The molecule has 7 nitrogen and oxygen atoms in total. The molecule has 0 radical (unpaired) electrons. The second kappa shape index (κ2) is 11.2. The highest BCUT2D eigenvalue weighted by atomic mass is 16.5. The Labute approximate surface area is 196 Å². The van der Waals surface area contributed by atoms with Gasteiger partial charge < -0.3 is 28.4 Å². The molecule has 0 unspecified atom stereocenters. The van der Waals surface area contributed by atoms with Crippen molar-refractivity contribution >= 4 is 0 Å². The van der Waals surface area contributed by atoms with Crippen LogP contribution < -0.4 is 23.7 Å². The van der Waals surface area contributed by atoms with Crippen LogP contribution in [0, 0.1) is 11.3 Å². The summed E-state index contributed by atoms with van der Waals surface area (Å²) < 4.78 is 34.0. The van der Waals surface area contributed by atoms with E-state index in [9.17, 15) is 5.26 Å². The highest BCUT2D eigenvalue weighted by molar-refractivity contribution is 5.57. The van der Waals surface area contributed by atoms with Crippen LogP contribution in [0.2, 0.25) is 0 Å². The number of hydrogen-bond donors (Lipinski definition) is 0. The first-order valence-corrected chi connectivity index (χ1v) is 11.1. The van der Waals surface area contributed by atoms with Crippen LogP contribution in [-0.2, 0) is 4.74 Å².